The number of alkyl halides is 3. The Hall–Kier alpha value is -1.51. The van der Waals surface area contributed by atoms with Crippen LogP contribution in [0.4, 0.5) is 18.9 Å². The standard InChI is InChI=1S/C8H9F3N2O3S/c1-13(2)6-5-12-4-3-7(6)16-17(14,15)8(9,10)11/h3-5H,1-2H3. The van der Waals surface area contributed by atoms with E-state index in [0.717, 1.165) is 12.3 Å². The summed E-state index contributed by atoms with van der Waals surface area (Å²) in [6, 6.07) is 1.04. The van der Waals surface area contributed by atoms with Gasteiger partial charge in [-0.3, -0.25) is 4.98 Å². The molecule has 0 saturated heterocycles. The number of pyridine rings is 1. The lowest BCUT2D eigenvalue weighted by atomic mass is 10.4. The smallest absolute Gasteiger partial charge is 0.374 e. The van der Waals surface area contributed by atoms with Crippen molar-refractivity contribution in [3.63, 3.8) is 0 Å². The molecule has 0 aromatic carbocycles. The average molecular weight is 270 g/mol. The van der Waals surface area contributed by atoms with Crippen molar-refractivity contribution in [1.29, 1.82) is 0 Å². The number of nitrogens with zero attached hydrogens (tertiary/aromatic N) is 2. The molecule has 1 aromatic rings. The van der Waals surface area contributed by atoms with E-state index in [2.05, 4.69) is 9.17 Å². The van der Waals surface area contributed by atoms with Gasteiger partial charge in [0.15, 0.2) is 5.75 Å². The van der Waals surface area contributed by atoms with Crippen LogP contribution in [-0.2, 0) is 10.1 Å². The molecule has 1 heterocycles. The molecule has 5 nitrogen and oxygen atoms in total. The number of anilines is 1. The third kappa shape index (κ3) is 2.99. The minimum Gasteiger partial charge on any atom is -0.374 e. The third-order valence-corrected chi connectivity index (χ3v) is 2.69. The van der Waals surface area contributed by atoms with Gasteiger partial charge in [-0.1, -0.05) is 0 Å². The van der Waals surface area contributed by atoms with Crippen molar-refractivity contribution in [3.05, 3.63) is 18.5 Å². The second-order valence-electron chi connectivity index (χ2n) is 3.22. The molecule has 0 saturated carbocycles. The fourth-order valence-corrected chi connectivity index (χ4v) is 1.42. The first-order valence-electron chi connectivity index (χ1n) is 4.27. The van der Waals surface area contributed by atoms with Gasteiger partial charge in [-0.15, -0.1) is 0 Å². The lowest BCUT2D eigenvalue weighted by Crippen LogP contribution is -2.28. The highest BCUT2D eigenvalue weighted by molar-refractivity contribution is 7.88. The Labute approximate surface area is 96.0 Å². The molecule has 0 radical (unpaired) electrons. The van der Waals surface area contributed by atoms with E-state index in [-0.39, 0.29) is 5.69 Å². The summed E-state index contributed by atoms with van der Waals surface area (Å²) in [6.45, 7) is 0. The molecule has 96 valence electrons. The van der Waals surface area contributed by atoms with Crippen LogP contribution < -0.4 is 9.08 Å². The molecular weight excluding hydrogens is 261 g/mol. The third-order valence-electron chi connectivity index (χ3n) is 1.73. The van der Waals surface area contributed by atoms with Crippen molar-refractivity contribution in [2.24, 2.45) is 0 Å². The van der Waals surface area contributed by atoms with Crippen LogP contribution in [0.5, 0.6) is 5.75 Å². The van der Waals surface area contributed by atoms with Gasteiger partial charge in [0.2, 0.25) is 0 Å². The fourth-order valence-electron chi connectivity index (χ4n) is 0.945. The summed E-state index contributed by atoms with van der Waals surface area (Å²) in [5.41, 5.74) is -5.33. The summed E-state index contributed by atoms with van der Waals surface area (Å²) in [7, 11) is -2.63. The van der Waals surface area contributed by atoms with E-state index in [1.807, 2.05) is 0 Å². The second-order valence-corrected chi connectivity index (χ2v) is 4.76. The predicted molar refractivity (Wildman–Crippen MR) is 54.2 cm³/mol. The van der Waals surface area contributed by atoms with E-state index in [1.54, 1.807) is 0 Å². The Kier molecular flexibility index (Phi) is 3.51. The summed E-state index contributed by atoms with van der Waals surface area (Å²) < 4.78 is 62.0. The minimum absolute atomic E-state index is 0.125. The fraction of sp³-hybridized carbons (Fsp3) is 0.375. The summed E-state index contributed by atoms with van der Waals surface area (Å²) >= 11 is 0. The Morgan fingerprint density at radius 3 is 2.41 bits per heavy atom. The highest BCUT2D eigenvalue weighted by atomic mass is 32.2. The van der Waals surface area contributed by atoms with Gasteiger partial charge in [0.25, 0.3) is 0 Å². The Morgan fingerprint density at radius 1 is 1.35 bits per heavy atom. The van der Waals surface area contributed by atoms with Crippen LogP contribution in [0.1, 0.15) is 0 Å². The predicted octanol–water partition coefficient (Wildman–Crippen LogP) is 1.38. The molecule has 0 amide bonds. The SMILES string of the molecule is CN(C)c1cnccc1OS(=O)(=O)C(F)(F)F. The van der Waals surface area contributed by atoms with E-state index in [0.29, 0.717) is 0 Å². The zero-order valence-electron chi connectivity index (χ0n) is 8.89. The largest absolute Gasteiger partial charge is 0.534 e. The van der Waals surface area contributed by atoms with Crippen LogP contribution in [0.15, 0.2) is 18.5 Å². The zero-order chi connectivity index (χ0) is 13.3. The summed E-state index contributed by atoms with van der Waals surface area (Å²) in [5.74, 6) is -0.428. The van der Waals surface area contributed by atoms with Crippen LogP contribution in [0.3, 0.4) is 0 Å². The average Bonchev–Trinajstić information content (AvgIpc) is 2.15. The van der Waals surface area contributed by atoms with E-state index in [9.17, 15) is 21.6 Å². The number of halogens is 3. The number of rotatable bonds is 3. The van der Waals surface area contributed by atoms with Gasteiger partial charge in [0, 0.05) is 26.4 Å². The molecule has 0 fully saturated rings. The van der Waals surface area contributed by atoms with Gasteiger partial charge in [0.05, 0.1) is 11.9 Å². The number of aromatic nitrogens is 1. The molecule has 0 aliphatic rings. The highest BCUT2D eigenvalue weighted by Crippen LogP contribution is 2.31. The van der Waals surface area contributed by atoms with Crippen LogP contribution in [0, 0.1) is 0 Å². The summed E-state index contributed by atoms with van der Waals surface area (Å²) in [5, 5.41) is 0. The number of hydrogen-bond donors (Lipinski definition) is 0. The van der Waals surface area contributed by atoms with Gasteiger partial charge in [-0.25, -0.2) is 0 Å². The summed E-state index contributed by atoms with van der Waals surface area (Å²) in [4.78, 5) is 5.04. The molecule has 0 spiro atoms. The van der Waals surface area contributed by atoms with E-state index in [4.69, 9.17) is 0 Å². The van der Waals surface area contributed by atoms with Crippen LogP contribution in [-0.4, -0.2) is 33.0 Å². The highest BCUT2D eigenvalue weighted by Gasteiger charge is 2.48. The molecule has 0 aliphatic heterocycles. The van der Waals surface area contributed by atoms with Crippen molar-refractivity contribution in [1.82, 2.24) is 4.98 Å². The molecule has 1 rings (SSSR count). The molecule has 0 bridgehead atoms. The van der Waals surface area contributed by atoms with Gasteiger partial charge in [0.1, 0.15) is 0 Å². The lowest BCUT2D eigenvalue weighted by Gasteiger charge is -2.17. The maximum absolute atomic E-state index is 12.1. The molecule has 0 aliphatic carbocycles. The van der Waals surface area contributed by atoms with E-state index >= 15 is 0 Å². The van der Waals surface area contributed by atoms with Gasteiger partial charge >= 0.3 is 15.6 Å². The van der Waals surface area contributed by atoms with Crippen LogP contribution >= 0.6 is 0 Å². The monoisotopic (exact) mass is 270 g/mol. The molecule has 17 heavy (non-hydrogen) atoms. The second kappa shape index (κ2) is 4.40. The first-order chi connectivity index (χ1) is 7.65. The zero-order valence-corrected chi connectivity index (χ0v) is 9.71. The minimum atomic E-state index is -5.66. The Bertz CT molecular complexity index is 499. The maximum atomic E-state index is 12.1. The molecule has 9 heteroatoms. The van der Waals surface area contributed by atoms with Crippen molar-refractivity contribution in [2.75, 3.05) is 19.0 Å². The normalized spacial score (nSPS) is 12.3. The van der Waals surface area contributed by atoms with Gasteiger partial charge in [-0.2, -0.15) is 21.6 Å². The maximum Gasteiger partial charge on any atom is 0.534 e. The van der Waals surface area contributed by atoms with Crippen molar-refractivity contribution in [3.8, 4) is 5.75 Å². The first kappa shape index (κ1) is 13.6. The lowest BCUT2D eigenvalue weighted by molar-refractivity contribution is -0.0499. The van der Waals surface area contributed by atoms with Gasteiger partial charge < -0.3 is 9.08 Å². The van der Waals surface area contributed by atoms with E-state index < -0.39 is 21.4 Å². The molecular formula is C8H9F3N2O3S. The van der Waals surface area contributed by atoms with Crippen LogP contribution in [0.2, 0.25) is 0 Å². The van der Waals surface area contributed by atoms with Crippen LogP contribution in [0.25, 0.3) is 0 Å². The van der Waals surface area contributed by atoms with E-state index in [1.165, 1.54) is 25.2 Å². The quantitative estimate of drug-likeness (QED) is 0.613. The van der Waals surface area contributed by atoms with Crippen molar-refractivity contribution < 1.29 is 25.8 Å². The summed E-state index contributed by atoms with van der Waals surface area (Å²) in [6.07, 6.45) is 2.33. The molecule has 1 aromatic heterocycles. The molecule has 0 N–H and O–H groups in total. The van der Waals surface area contributed by atoms with Gasteiger partial charge in [-0.05, 0) is 0 Å². The van der Waals surface area contributed by atoms with Crippen molar-refractivity contribution in [2.45, 2.75) is 5.51 Å². The topological polar surface area (TPSA) is 59.5 Å². The Balaban J connectivity index is 3.13. The Morgan fingerprint density at radius 2 is 1.94 bits per heavy atom. The molecule has 0 unspecified atom stereocenters. The van der Waals surface area contributed by atoms with Crippen molar-refractivity contribution >= 4 is 15.8 Å². The first-order valence-corrected chi connectivity index (χ1v) is 5.68. The number of hydrogen-bond acceptors (Lipinski definition) is 5. The molecule has 0 atom stereocenters.